The first-order valence-corrected chi connectivity index (χ1v) is 16.3. The number of carbonyl (C=O) groups excluding carboxylic acids is 2. The summed E-state index contributed by atoms with van der Waals surface area (Å²) in [5.41, 5.74) is 7.32. The van der Waals surface area contributed by atoms with Crippen LogP contribution in [0.1, 0.15) is 53.1 Å². The summed E-state index contributed by atoms with van der Waals surface area (Å²) in [6, 6.07) is 46.6. The molecule has 1 fully saturated rings. The van der Waals surface area contributed by atoms with E-state index >= 15 is 0 Å². The van der Waals surface area contributed by atoms with Crippen LogP contribution >= 0.6 is 0 Å². The molecule has 1 saturated carbocycles. The molecule has 0 heterocycles. The second-order valence-corrected chi connectivity index (χ2v) is 12.1. The predicted octanol–water partition coefficient (Wildman–Crippen LogP) is 7.75. The highest BCUT2D eigenvalue weighted by molar-refractivity contribution is 5.97. The molecule has 2 amide bonds. The average Bonchev–Trinajstić information content (AvgIpc) is 3.91. The first-order chi connectivity index (χ1) is 22.6. The fourth-order valence-corrected chi connectivity index (χ4v) is 6.01. The van der Waals surface area contributed by atoms with Crippen molar-refractivity contribution in [2.75, 3.05) is 6.54 Å². The summed E-state index contributed by atoms with van der Waals surface area (Å²) in [4.78, 5) is 26.9. The highest BCUT2D eigenvalue weighted by atomic mass is 16.2. The maximum Gasteiger partial charge on any atom is 0.251 e. The van der Waals surface area contributed by atoms with E-state index in [1.54, 1.807) is 0 Å². The van der Waals surface area contributed by atoms with E-state index in [4.69, 9.17) is 0 Å². The van der Waals surface area contributed by atoms with E-state index in [1.165, 1.54) is 12.0 Å². The van der Waals surface area contributed by atoms with E-state index in [9.17, 15) is 9.59 Å². The number of hydrogen-bond acceptors (Lipinski definition) is 3. The molecule has 1 aliphatic carbocycles. The minimum Gasteiger partial charge on any atom is -0.350 e. The summed E-state index contributed by atoms with van der Waals surface area (Å²) in [7, 11) is 0. The van der Waals surface area contributed by atoms with Gasteiger partial charge < -0.3 is 16.0 Å². The second-order valence-electron chi connectivity index (χ2n) is 12.1. The smallest absolute Gasteiger partial charge is 0.251 e. The van der Waals surface area contributed by atoms with Crippen LogP contribution in [0.5, 0.6) is 0 Å². The Bertz CT molecular complexity index is 1710. The maximum absolute atomic E-state index is 13.5. The van der Waals surface area contributed by atoms with Crippen LogP contribution in [-0.2, 0) is 11.3 Å². The number of nitrogens with one attached hydrogen (secondary N) is 3. The molecule has 0 spiro atoms. The molecular formula is C41H41N3O2. The van der Waals surface area contributed by atoms with Gasteiger partial charge in [0.1, 0.15) is 6.04 Å². The lowest BCUT2D eigenvalue weighted by Crippen LogP contribution is -2.46. The highest BCUT2D eigenvalue weighted by Gasteiger charge is 2.37. The topological polar surface area (TPSA) is 70.2 Å². The molecule has 0 aromatic heterocycles. The minimum atomic E-state index is -0.628. The van der Waals surface area contributed by atoms with Crippen molar-refractivity contribution in [1.82, 2.24) is 16.0 Å². The average molecular weight is 608 g/mol. The van der Waals surface area contributed by atoms with Gasteiger partial charge in [0.25, 0.3) is 5.91 Å². The normalized spacial score (nSPS) is 15.9. The number of benzene rings is 5. The zero-order valence-electron chi connectivity index (χ0n) is 26.1. The fourth-order valence-electron chi connectivity index (χ4n) is 6.01. The summed E-state index contributed by atoms with van der Waals surface area (Å²) in [6.07, 6.45) is 3.49. The lowest BCUT2D eigenvalue weighted by atomic mass is 10.0. The molecule has 0 radical (unpaired) electrons. The number of carbonyl (C=O) groups is 2. The van der Waals surface area contributed by atoms with E-state index < -0.39 is 6.04 Å². The molecule has 5 nitrogen and oxygen atoms in total. The van der Waals surface area contributed by atoms with Crippen molar-refractivity contribution in [3.05, 3.63) is 156 Å². The van der Waals surface area contributed by atoms with Crippen LogP contribution in [0.3, 0.4) is 0 Å². The van der Waals surface area contributed by atoms with E-state index in [1.807, 2.05) is 84.9 Å². The van der Waals surface area contributed by atoms with Crippen LogP contribution in [0.25, 0.3) is 22.3 Å². The van der Waals surface area contributed by atoms with Gasteiger partial charge in [-0.15, -0.1) is 0 Å². The van der Waals surface area contributed by atoms with Crippen molar-refractivity contribution in [3.8, 4) is 22.3 Å². The zero-order valence-corrected chi connectivity index (χ0v) is 26.1. The Balaban J connectivity index is 1.05. The van der Waals surface area contributed by atoms with Gasteiger partial charge in [0, 0.05) is 24.1 Å². The monoisotopic (exact) mass is 607 g/mol. The van der Waals surface area contributed by atoms with E-state index in [0.29, 0.717) is 30.5 Å². The Morgan fingerprint density at radius 1 is 0.652 bits per heavy atom. The van der Waals surface area contributed by atoms with Gasteiger partial charge in [0.05, 0.1) is 0 Å². The summed E-state index contributed by atoms with van der Waals surface area (Å²) >= 11 is 0. The van der Waals surface area contributed by atoms with Gasteiger partial charge in [-0.25, -0.2) is 0 Å². The predicted molar refractivity (Wildman–Crippen MR) is 186 cm³/mol. The molecule has 3 N–H and O–H groups in total. The van der Waals surface area contributed by atoms with Gasteiger partial charge in [0.2, 0.25) is 5.91 Å². The number of hydrogen-bond donors (Lipinski definition) is 3. The van der Waals surface area contributed by atoms with E-state index in [0.717, 1.165) is 47.2 Å². The first kappa shape index (κ1) is 31.0. The molecule has 1 aliphatic rings. The van der Waals surface area contributed by atoms with Crippen molar-refractivity contribution in [1.29, 1.82) is 0 Å². The molecule has 0 saturated heterocycles. The Morgan fingerprint density at radius 2 is 1.26 bits per heavy atom. The van der Waals surface area contributed by atoms with Gasteiger partial charge in [-0.3, -0.25) is 9.59 Å². The summed E-state index contributed by atoms with van der Waals surface area (Å²) in [5, 5.41) is 9.80. The molecule has 3 atom stereocenters. The Hall–Kier alpha value is -5.00. The molecule has 232 valence electrons. The third kappa shape index (κ3) is 8.38. The first-order valence-electron chi connectivity index (χ1n) is 16.3. The highest BCUT2D eigenvalue weighted by Crippen LogP contribution is 2.40. The summed E-state index contributed by atoms with van der Waals surface area (Å²) in [6.45, 7) is 1.28. The molecule has 5 aromatic rings. The van der Waals surface area contributed by atoms with E-state index in [-0.39, 0.29) is 11.8 Å². The third-order valence-electron chi connectivity index (χ3n) is 8.72. The molecular weight excluding hydrogens is 566 g/mol. The number of amides is 2. The van der Waals surface area contributed by atoms with Gasteiger partial charge in [0.15, 0.2) is 0 Å². The molecule has 6 rings (SSSR count). The van der Waals surface area contributed by atoms with E-state index in [2.05, 4.69) is 70.5 Å². The van der Waals surface area contributed by atoms with Crippen LogP contribution < -0.4 is 16.0 Å². The van der Waals surface area contributed by atoms with Crippen molar-refractivity contribution in [3.63, 3.8) is 0 Å². The molecule has 5 heteroatoms. The number of rotatable bonds is 14. The van der Waals surface area contributed by atoms with Crippen LogP contribution in [0.2, 0.25) is 0 Å². The molecule has 5 aromatic carbocycles. The molecule has 1 unspecified atom stereocenters. The second kappa shape index (κ2) is 15.3. The zero-order chi connectivity index (χ0) is 31.6. The Morgan fingerprint density at radius 3 is 1.96 bits per heavy atom. The van der Waals surface area contributed by atoms with Crippen LogP contribution in [-0.4, -0.2) is 30.4 Å². The van der Waals surface area contributed by atoms with Crippen LogP contribution in [0.15, 0.2) is 140 Å². The van der Waals surface area contributed by atoms with Crippen molar-refractivity contribution in [2.24, 2.45) is 0 Å². The Kier molecular flexibility index (Phi) is 10.3. The largest absolute Gasteiger partial charge is 0.350 e. The van der Waals surface area contributed by atoms with Crippen molar-refractivity contribution >= 4 is 11.8 Å². The fraction of sp³-hybridized carbons (Fsp3) is 0.220. The molecule has 0 bridgehead atoms. The third-order valence-corrected chi connectivity index (χ3v) is 8.72. The van der Waals surface area contributed by atoms with Gasteiger partial charge in [-0.05, 0) is 83.8 Å². The van der Waals surface area contributed by atoms with Crippen LogP contribution in [0.4, 0.5) is 0 Å². The van der Waals surface area contributed by atoms with Crippen molar-refractivity contribution in [2.45, 2.75) is 50.2 Å². The standard InChI is InChI=1S/C41H41N3O2/c45-40(35-24-22-33(23-25-35)31-14-4-1-5-15-31)44-38(21-10-11-26-42-39-28-37(39)34-18-8-3-9-19-34)41(46)43-29-30-13-12-20-36(27-30)32-16-6-2-7-17-32/h1-9,12-20,22-25,27,37-39,42H,10-11,21,26,28-29H2,(H,43,46)(H,44,45)/t37-,38?,39+/m0/s1. The minimum absolute atomic E-state index is 0.168. The lowest BCUT2D eigenvalue weighted by molar-refractivity contribution is -0.123. The van der Waals surface area contributed by atoms with Gasteiger partial charge in [-0.1, -0.05) is 121 Å². The van der Waals surface area contributed by atoms with Crippen molar-refractivity contribution < 1.29 is 9.59 Å². The maximum atomic E-state index is 13.5. The lowest BCUT2D eigenvalue weighted by Gasteiger charge is -2.19. The summed E-state index contributed by atoms with van der Waals surface area (Å²) in [5.74, 6) is 0.180. The van der Waals surface area contributed by atoms with Gasteiger partial charge >= 0.3 is 0 Å². The number of unbranched alkanes of at least 4 members (excludes halogenated alkanes) is 1. The van der Waals surface area contributed by atoms with Crippen LogP contribution in [0, 0.1) is 0 Å². The molecule has 0 aliphatic heterocycles. The SMILES string of the molecule is O=C(NC(CCCCN[C@@H]1C[C@H]1c1ccccc1)C(=O)NCc1cccc(-c2ccccc2)c1)c1ccc(-c2ccccc2)cc1. The van der Waals surface area contributed by atoms with Gasteiger partial charge in [-0.2, -0.15) is 0 Å². The Labute approximate surface area is 272 Å². The molecule has 46 heavy (non-hydrogen) atoms. The summed E-state index contributed by atoms with van der Waals surface area (Å²) < 4.78 is 0. The quantitative estimate of drug-likeness (QED) is 0.113.